The van der Waals surface area contributed by atoms with Crippen molar-refractivity contribution < 1.29 is 9.59 Å². The van der Waals surface area contributed by atoms with Gasteiger partial charge in [0, 0.05) is 24.0 Å². The highest BCUT2D eigenvalue weighted by molar-refractivity contribution is 6.38. The summed E-state index contributed by atoms with van der Waals surface area (Å²) in [4.78, 5) is 28.7. The standard InChI is InChI=1S/C19H18N2O2/c1-2-3-10-20-14-8-6-13(7-9-14)16-12-17(22)18-15(19(16)23)5-4-11-21-18/h4-9,11-12,20H,2-3,10H2,1H3. The van der Waals surface area contributed by atoms with Gasteiger partial charge in [0.2, 0.25) is 5.78 Å². The van der Waals surface area contributed by atoms with Gasteiger partial charge < -0.3 is 5.32 Å². The number of Topliss-reactive ketones (excluding diaryl/α,β-unsaturated/α-hetero) is 1. The Morgan fingerprint density at radius 3 is 2.61 bits per heavy atom. The van der Waals surface area contributed by atoms with E-state index in [1.54, 1.807) is 12.1 Å². The zero-order valence-corrected chi connectivity index (χ0v) is 13.0. The second-order valence-corrected chi connectivity index (χ2v) is 5.51. The number of hydrogen-bond donors (Lipinski definition) is 1. The van der Waals surface area contributed by atoms with Crippen molar-refractivity contribution in [1.29, 1.82) is 0 Å². The summed E-state index contributed by atoms with van der Waals surface area (Å²) in [6.45, 7) is 3.07. The molecule has 0 saturated carbocycles. The minimum atomic E-state index is -0.222. The highest BCUT2D eigenvalue weighted by atomic mass is 16.1. The number of unbranched alkanes of at least 4 members (excludes halogenated alkanes) is 1. The minimum absolute atomic E-state index is 0.153. The van der Waals surface area contributed by atoms with Crippen LogP contribution in [0.2, 0.25) is 0 Å². The molecule has 0 atom stereocenters. The third kappa shape index (κ3) is 3.06. The highest BCUT2D eigenvalue weighted by Gasteiger charge is 2.26. The van der Waals surface area contributed by atoms with Gasteiger partial charge in [0.1, 0.15) is 5.69 Å². The van der Waals surface area contributed by atoms with Crippen molar-refractivity contribution in [3.8, 4) is 0 Å². The van der Waals surface area contributed by atoms with Crippen LogP contribution in [0.3, 0.4) is 0 Å². The molecule has 23 heavy (non-hydrogen) atoms. The first-order chi connectivity index (χ1) is 11.2. The number of carbonyl (C=O) groups excluding carboxylic acids is 2. The first-order valence-corrected chi connectivity index (χ1v) is 7.80. The molecule has 0 unspecified atom stereocenters. The monoisotopic (exact) mass is 306 g/mol. The largest absolute Gasteiger partial charge is 0.385 e. The van der Waals surface area contributed by atoms with E-state index in [2.05, 4.69) is 17.2 Å². The molecule has 116 valence electrons. The van der Waals surface area contributed by atoms with E-state index in [0.717, 1.165) is 30.6 Å². The van der Waals surface area contributed by atoms with Crippen molar-refractivity contribution >= 4 is 22.8 Å². The summed E-state index contributed by atoms with van der Waals surface area (Å²) in [7, 11) is 0. The van der Waals surface area contributed by atoms with Crippen molar-refractivity contribution in [1.82, 2.24) is 4.98 Å². The molecular weight excluding hydrogens is 288 g/mol. The second-order valence-electron chi connectivity index (χ2n) is 5.51. The van der Waals surface area contributed by atoms with E-state index in [1.807, 2.05) is 24.3 Å². The van der Waals surface area contributed by atoms with Crippen LogP contribution in [0.25, 0.3) is 5.57 Å². The van der Waals surface area contributed by atoms with E-state index in [0.29, 0.717) is 11.1 Å². The number of aromatic nitrogens is 1. The lowest BCUT2D eigenvalue weighted by Gasteiger charge is -2.14. The molecule has 0 radical (unpaired) electrons. The van der Waals surface area contributed by atoms with Crippen LogP contribution >= 0.6 is 0 Å². The number of hydrogen-bond acceptors (Lipinski definition) is 4. The normalized spacial score (nSPS) is 13.5. The molecule has 1 N–H and O–H groups in total. The Morgan fingerprint density at radius 2 is 1.87 bits per heavy atom. The molecule has 1 heterocycles. The van der Waals surface area contributed by atoms with Crippen LogP contribution in [0.15, 0.2) is 48.7 Å². The van der Waals surface area contributed by atoms with Crippen molar-refractivity contribution in [3.05, 3.63) is 65.5 Å². The lowest BCUT2D eigenvalue weighted by molar-refractivity contribution is 0.0997. The smallest absolute Gasteiger partial charge is 0.205 e. The van der Waals surface area contributed by atoms with Crippen LogP contribution in [0.4, 0.5) is 5.69 Å². The predicted molar refractivity (Wildman–Crippen MR) is 90.7 cm³/mol. The number of benzene rings is 1. The third-order valence-corrected chi connectivity index (χ3v) is 3.86. The van der Waals surface area contributed by atoms with Gasteiger partial charge in [-0.3, -0.25) is 14.6 Å². The van der Waals surface area contributed by atoms with Crippen molar-refractivity contribution in [2.45, 2.75) is 19.8 Å². The summed E-state index contributed by atoms with van der Waals surface area (Å²) in [5.41, 5.74) is 2.80. The summed E-state index contributed by atoms with van der Waals surface area (Å²) in [5.74, 6) is -0.375. The van der Waals surface area contributed by atoms with E-state index < -0.39 is 0 Å². The van der Waals surface area contributed by atoms with Crippen LogP contribution in [0.1, 0.15) is 46.2 Å². The average Bonchev–Trinajstić information content (AvgIpc) is 2.59. The number of carbonyl (C=O) groups is 2. The van der Waals surface area contributed by atoms with E-state index in [4.69, 9.17) is 0 Å². The van der Waals surface area contributed by atoms with Gasteiger partial charge in [-0.05, 0) is 42.3 Å². The fourth-order valence-electron chi connectivity index (χ4n) is 2.59. The summed E-state index contributed by atoms with van der Waals surface area (Å²) in [6, 6.07) is 10.9. The number of pyridine rings is 1. The number of fused-ring (bicyclic) bond motifs is 1. The van der Waals surface area contributed by atoms with E-state index in [-0.39, 0.29) is 17.3 Å². The van der Waals surface area contributed by atoms with Crippen molar-refractivity contribution in [3.63, 3.8) is 0 Å². The Bertz CT molecular complexity index is 776. The van der Waals surface area contributed by atoms with Gasteiger partial charge in [-0.1, -0.05) is 25.5 Å². The zero-order chi connectivity index (χ0) is 16.2. The van der Waals surface area contributed by atoms with Crippen LogP contribution < -0.4 is 5.32 Å². The summed E-state index contributed by atoms with van der Waals surface area (Å²) in [5, 5.41) is 3.33. The molecule has 1 aromatic heterocycles. The van der Waals surface area contributed by atoms with Crippen molar-refractivity contribution in [2.75, 3.05) is 11.9 Å². The Labute approximate surface area is 135 Å². The van der Waals surface area contributed by atoms with E-state index >= 15 is 0 Å². The Balaban J connectivity index is 1.85. The number of rotatable bonds is 5. The first kappa shape index (κ1) is 15.2. The topological polar surface area (TPSA) is 59.1 Å². The zero-order valence-electron chi connectivity index (χ0n) is 13.0. The Morgan fingerprint density at radius 1 is 1.09 bits per heavy atom. The number of nitrogens with zero attached hydrogens (tertiary/aromatic N) is 1. The summed E-state index contributed by atoms with van der Waals surface area (Å²) >= 11 is 0. The number of ketones is 2. The molecule has 0 fully saturated rings. The fraction of sp³-hybridized carbons (Fsp3) is 0.211. The number of allylic oxidation sites excluding steroid dienone is 2. The molecule has 0 amide bonds. The van der Waals surface area contributed by atoms with E-state index in [1.165, 1.54) is 12.3 Å². The molecule has 2 aromatic rings. The van der Waals surface area contributed by atoms with Crippen LogP contribution in [-0.4, -0.2) is 23.1 Å². The summed E-state index contributed by atoms with van der Waals surface area (Å²) < 4.78 is 0. The minimum Gasteiger partial charge on any atom is -0.385 e. The average molecular weight is 306 g/mol. The number of nitrogens with one attached hydrogen (secondary N) is 1. The molecule has 1 aliphatic rings. The fourth-order valence-corrected chi connectivity index (χ4v) is 2.59. The van der Waals surface area contributed by atoms with E-state index in [9.17, 15) is 9.59 Å². The lowest BCUT2D eigenvalue weighted by atomic mass is 9.89. The van der Waals surface area contributed by atoms with Gasteiger partial charge in [-0.15, -0.1) is 0 Å². The molecule has 4 heteroatoms. The highest BCUT2D eigenvalue weighted by Crippen LogP contribution is 2.27. The molecule has 1 aromatic carbocycles. The quantitative estimate of drug-likeness (QED) is 0.855. The maximum atomic E-state index is 12.6. The van der Waals surface area contributed by atoms with Gasteiger partial charge in [0.15, 0.2) is 5.78 Å². The molecule has 1 aliphatic carbocycles. The van der Waals surface area contributed by atoms with Gasteiger partial charge in [-0.25, -0.2) is 0 Å². The maximum absolute atomic E-state index is 12.6. The van der Waals surface area contributed by atoms with Crippen LogP contribution in [0, 0.1) is 0 Å². The molecule has 0 spiro atoms. The SMILES string of the molecule is CCCCNc1ccc(C2=CC(=O)c3ncccc3C2=O)cc1. The first-order valence-electron chi connectivity index (χ1n) is 7.80. The third-order valence-electron chi connectivity index (χ3n) is 3.86. The molecule has 0 bridgehead atoms. The van der Waals surface area contributed by atoms with Gasteiger partial charge in [0.05, 0.1) is 5.56 Å². The Kier molecular flexibility index (Phi) is 4.33. The molecule has 4 nitrogen and oxygen atoms in total. The summed E-state index contributed by atoms with van der Waals surface area (Å²) in [6.07, 6.45) is 5.17. The lowest BCUT2D eigenvalue weighted by Crippen LogP contribution is -2.17. The predicted octanol–water partition coefficient (Wildman–Crippen LogP) is 3.76. The molecule has 0 saturated heterocycles. The van der Waals surface area contributed by atoms with Crippen LogP contribution in [0.5, 0.6) is 0 Å². The van der Waals surface area contributed by atoms with Crippen molar-refractivity contribution in [2.24, 2.45) is 0 Å². The van der Waals surface area contributed by atoms with Gasteiger partial charge >= 0.3 is 0 Å². The Hall–Kier alpha value is -2.75. The molecular formula is C19H18N2O2. The molecule has 0 aliphatic heterocycles. The van der Waals surface area contributed by atoms with Crippen LogP contribution in [-0.2, 0) is 0 Å². The second kappa shape index (κ2) is 6.57. The van der Waals surface area contributed by atoms with Gasteiger partial charge in [0.25, 0.3) is 0 Å². The maximum Gasteiger partial charge on any atom is 0.205 e. The molecule has 3 rings (SSSR count). The number of anilines is 1. The van der Waals surface area contributed by atoms with Gasteiger partial charge in [-0.2, -0.15) is 0 Å².